The summed E-state index contributed by atoms with van der Waals surface area (Å²) in [6, 6.07) is 7.82. The molecule has 1 fully saturated rings. The van der Waals surface area contributed by atoms with E-state index in [-0.39, 0.29) is 11.4 Å². The third-order valence-corrected chi connectivity index (χ3v) is 5.27. The maximum Gasteiger partial charge on any atom is 0.264 e. The quantitative estimate of drug-likeness (QED) is 0.781. The first-order chi connectivity index (χ1) is 9.48. The second-order valence-corrected chi connectivity index (χ2v) is 7.87. The van der Waals surface area contributed by atoms with Gasteiger partial charge in [-0.25, -0.2) is 0 Å². The van der Waals surface area contributed by atoms with Crippen molar-refractivity contribution in [1.82, 2.24) is 0 Å². The van der Waals surface area contributed by atoms with Gasteiger partial charge in [-0.05, 0) is 37.1 Å². The van der Waals surface area contributed by atoms with Crippen molar-refractivity contribution in [3.63, 3.8) is 0 Å². The van der Waals surface area contributed by atoms with Gasteiger partial charge in [-0.2, -0.15) is 8.42 Å². The van der Waals surface area contributed by atoms with Crippen LogP contribution < -0.4 is 4.74 Å². The lowest BCUT2D eigenvalue weighted by Gasteiger charge is -2.29. The summed E-state index contributed by atoms with van der Waals surface area (Å²) in [5.41, 5.74) is 0. The lowest BCUT2D eigenvalue weighted by molar-refractivity contribution is 0.170. The Kier molecular flexibility index (Phi) is 5.35. The first-order valence-corrected chi connectivity index (χ1v) is 9.36. The summed E-state index contributed by atoms with van der Waals surface area (Å²) in [4.78, 5) is 1.11. The van der Waals surface area contributed by atoms with E-state index < -0.39 is 10.1 Å². The molecule has 0 amide bonds. The smallest absolute Gasteiger partial charge is 0.264 e. The molecule has 0 heterocycles. The number of thioether (sulfide) groups is 1. The minimum atomic E-state index is -3.39. The lowest BCUT2D eigenvalue weighted by atomic mass is 9.97. The van der Waals surface area contributed by atoms with Crippen molar-refractivity contribution in [2.45, 2.75) is 41.9 Å². The van der Waals surface area contributed by atoms with E-state index in [1.807, 2.05) is 24.3 Å². The van der Waals surface area contributed by atoms with Crippen molar-refractivity contribution in [3.8, 4) is 5.75 Å². The molecule has 0 aromatic heterocycles. The number of ether oxygens (including phenoxy) is 1. The fourth-order valence-corrected chi connectivity index (χ4v) is 4.38. The van der Waals surface area contributed by atoms with Gasteiger partial charge < -0.3 is 4.74 Å². The Hall–Kier alpha value is -0.720. The molecule has 4 nitrogen and oxygen atoms in total. The van der Waals surface area contributed by atoms with Gasteiger partial charge in [-0.1, -0.05) is 12.8 Å². The van der Waals surface area contributed by atoms with Crippen molar-refractivity contribution in [3.05, 3.63) is 24.3 Å². The number of hydrogen-bond donors (Lipinski definition) is 0. The Morgan fingerprint density at radius 2 is 1.80 bits per heavy atom. The first-order valence-electron chi connectivity index (χ1n) is 6.67. The van der Waals surface area contributed by atoms with Gasteiger partial charge in [-0.15, -0.1) is 11.8 Å². The lowest BCUT2D eigenvalue weighted by Crippen LogP contribution is -2.31. The molecule has 0 radical (unpaired) electrons. The van der Waals surface area contributed by atoms with Crippen LogP contribution in [0, 0.1) is 0 Å². The summed E-state index contributed by atoms with van der Waals surface area (Å²) in [5.74, 6) is 0.821. The van der Waals surface area contributed by atoms with Gasteiger partial charge >= 0.3 is 0 Å². The molecule has 0 aliphatic heterocycles. The fourth-order valence-electron chi connectivity index (χ4n) is 2.36. The Bertz CT molecular complexity index is 525. The average molecular weight is 316 g/mol. The standard InChI is InChI=1S/C14H20O4S2/c1-17-11-7-9-12(10-8-11)19-14-6-4-3-5-13(14)18-20(2,15)16/h7-10,13-14H,3-6H2,1-2H3/t13-,14-/m0/s1. The van der Waals surface area contributed by atoms with E-state index in [0.29, 0.717) is 0 Å². The summed E-state index contributed by atoms with van der Waals surface area (Å²) in [5, 5.41) is 0.187. The fraction of sp³-hybridized carbons (Fsp3) is 0.571. The zero-order valence-corrected chi connectivity index (χ0v) is 13.4. The Morgan fingerprint density at radius 1 is 1.15 bits per heavy atom. The maximum atomic E-state index is 11.3. The van der Waals surface area contributed by atoms with E-state index in [4.69, 9.17) is 8.92 Å². The molecule has 0 unspecified atom stereocenters. The van der Waals surface area contributed by atoms with Crippen LogP contribution in [0.15, 0.2) is 29.2 Å². The van der Waals surface area contributed by atoms with Gasteiger partial charge in [0.25, 0.3) is 10.1 Å². The molecule has 0 N–H and O–H groups in total. The minimum Gasteiger partial charge on any atom is -0.497 e. The topological polar surface area (TPSA) is 52.6 Å². The second-order valence-electron chi connectivity index (χ2n) is 4.96. The summed E-state index contributed by atoms with van der Waals surface area (Å²) >= 11 is 1.69. The highest BCUT2D eigenvalue weighted by atomic mass is 32.2. The van der Waals surface area contributed by atoms with Crippen molar-refractivity contribution in [1.29, 1.82) is 0 Å². The van der Waals surface area contributed by atoms with Crippen molar-refractivity contribution < 1.29 is 17.3 Å². The van der Waals surface area contributed by atoms with Gasteiger partial charge in [0.05, 0.1) is 19.5 Å². The molecule has 2 rings (SSSR count). The van der Waals surface area contributed by atoms with Crippen LogP contribution >= 0.6 is 11.8 Å². The first kappa shape index (κ1) is 15.7. The van der Waals surface area contributed by atoms with Gasteiger partial charge in [0.2, 0.25) is 0 Å². The van der Waals surface area contributed by atoms with Crippen LogP contribution in [-0.2, 0) is 14.3 Å². The Balaban J connectivity index is 2.04. The Labute approximate surface area is 125 Å². The molecule has 1 aliphatic rings. The monoisotopic (exact) mass is 316 g/mol. The van der Waals surface area contributed by atoms with Crippen LogP contribution in [0.3, 0.4) is 0 Å². The van der Waals surface area contributed by atoms with E-state index in [0.717, 1.165) is 42.6 Å². The maximum absolute atomic E-state index is 11.3. The second kappa shape index (κ2) is 6.83. The Morgan fingerprint density at radius 3 is 2.40 bits per heavy atom. The van der Waals surface area contributed by atoms with Gasteiger partial charge in [-0.3, -0.25) is 4.18 Å². The molecule has 1 saturated carbocycles. The van der Waals surface area contributed by atoms with E-state index >= 15 is 0 Å². The van der Waals surface area contributed by atoms with E-state index in [2.05, 4.69) is 0 Å². The molecule has 0 saturated heterocycles. The molecule has 20 heavy (non-hydrogen) atoms. The highest BCUT2D eigenvalue weighted by molar-refractivity contribution is 8.00. The van der Waals surface area contributed by atoms with Crippen molar-refractivity contribution in [2.75, 3.05) is 13.4 Å². The van der Waals surface area contributed by atoms with Gasteiger partial charge in [0, 0.05) is 10.1 Å². The molecule has 1 aromatic rings. The third-order valence-electron chi connectivity index (χ3n) is 3.29. The number of methoxy groups -OCH3 is 1. The molecule has 0 bridgehead atoms. The zero-order valence-electron chi connectivity index (χ0n) is 11.7. The van der Waals surface area contributed by atoms with Crippen LogP contribution in [0.1, 0.15) is 25.7 Å². The molecule has 0 spiro atoms. The molecule has 6 heteroatoms. The highest BCUT2D eigenvalue weighted by Crippen LogP contribution is 2.36. The van der Waals surface area contributed by atoms with Gasteiger partial charge in [0.1, 0.15) is 5.75 Å². The molecule has 1 aliphatic carbocycles. The number of rotatable bonds is 5. The normalized spacial score (nSPS) is 23.5. The molecular formula is C14H20O4S2. The third kappa shape index (κ3) is 4.68. The summed E-state index contributed by atoms with van der Waals surface area (Å²) in [7, 11) is -1.75. The van der Waals surface area contributed by atoms with Crippen LogP contribution in [0.5, 0.6) is 5.75 Å². The minimum absolute atomic E-state index is 0.187. The molecule has 1 aromatic carbocycles. The predicted octanol–water partition coefficient (Wildman–Crippen LogP) is 3.07. The zero-order chi connectivity index (χ0) is 14.6. The van der Waals surface area contributed by atoms with Crippen LogP contribution in [-0.4, -0.2) is 33.1 Å². The molecule has 112 valence electrons. The summed E-state index contributed by atoms with van der Waals surface area (Å²) < 4.78 is 33.0. The average Bonchev–Trinajstić information content (AvgIpc) is 2.40. The number of hydrogen-bond acceptors (Lipinski definition) is 5. The van der Waals surface area contributed by atoms with Crippen molar-refractivity contribution in [2.24, 2.45) is 0 Å². The highest BCUT2D eigenvalue weighted by Gasteiger charge is 2.29. The predicted molar refractivity (Wildman–Crippen MR) is 80.8 cm³/mol. The van der Waals surface area contributed by atoms with Crippen LogP contribution in [0.25, 0.3) is 0 Å². The van der Waals surface area contributed by atoms with Crippen LogP contribution in [0.4, 0.5) is 0 Å². The molecule has 2 atom stereocenters. The molecular weight excluding hydrogens is 296 g/mol. The van der Waals surface area contributed by atoms with E-state index in [1.54, 1.807) is 18.9 Å². The number of benzene rings is 1. The van der Waals surface area contributed by atoms with Crippen LogP contribution in [0.2, 0.25) is 0 Å². The van der Waals surface area contributed by atoms with Crippen molar-refractivity contribution >= 4 is 21.9 Å². The van der Waals surface area contributed by atoms with E-state index in [1.165, 1.54) is 0 Å². The van der Waals surface area contributed by atoms with E-state index in [9.17, 15) is 8.42 Å². The summed E-state index contributed by atoms with van der Waals surface area (Å²) in [6.07, 6.45) is 4.84. The summed E-state index contributed by atoms with van der Waals surface area (Å²) in [6.45, 7) is 0. The largest absolute Gasteiger partial charge is 0.497 e. The SMILES string of the molecule is COc1ccc(S[C@H]2CCCC[C@@H]2OS(C)(=O)=O)cc1. The van der Waals surface area contributed by atoms with Gasteiger partial charge in [0.15, 0.2) is 0 Å².